The highest BCUT2D eigenvalue weighted by atomic mass is 32.1. The van der Waals surface area contributed by atoms with Crippen molar-refractivity contribution < 1.29 is 0 Å². The molecule has 3 heterocycles. The van der Waals surface area contributed by atoms with E-state index in [2.05, 4.69) is 46.1 Å². The molecule has 0 spiro atoms. The Balaban J connectivity index is 1.35. The molecular weight excluding hydrogens is 406 g/mol. The fraction of sp³-hybridized carbons (Fsp3) is 0.333. The largest absolute Gasteiger partial charge is 0.369 e. The third-order valence-corrected chi connectivity index (χ3v) is 7.01. The number of benzene rings is 2. The van der Waals surface area contributed by atoms with Gasteiger partial charge in [-0.25, -0.2) is 9.78 Å². The number of thiazole rings is 1. The highest BCUT2D eigenvalue weighted by molar-refractivity contribution is 7.18. The summed E-state index contributed by atoms with van der Waals surface area (Å²) in [5, 5.41) is 1.04. The summed E-state index contributed by atoms with van der Waals surface area (Å²) in [7, 11) is 2.17. The Morgan fingerprint density at radius 1 is 1.03 bits per heavy atom. The lowest BCUT2D eigenvalue weighted by Crippen LogP contribution is -2.44. The fourth-order valence-electron chi connectivity index (χ4n) is 4.28. The minimum Gasteiger partial charge on any atom is -0.369 e. The second kappa shape index (κ2) is 8.32. The number of imidazole rings is 1. The number of hydrogen-bond donors (Lipinski definition) is 0. The van der Waals surface area contributed by atoms with E-state index in [4.69, 9.17) is 0 Å². The van der Waals surface area contributed by atoms with Crippen molar-refractivity contribution in [1.82, 2.24) is 19.0 Å². The van der Waals surface area contributed by atoms with Crippen LogP contribution in [0, 0.1) is 6.92 Å². The molecule has 0 N–H and O–H groups in total. The molecule has 0 atom stereocenters. The number of anilines is 1. The van der Waals surface area contributed by atoms with Gasteiger partial charge >= 0.3 is 5.69 Å². The number of aryl methyl sites for hydroxylation is 3. The smallest absolute Gasteiger partial charge is 0.332 e. The Morgan fingerprint density at radius 3 is 2.68 bits per heavy atom. The van der Waals surface area contributed by atoms with E-state index in [-0.39, 0.29) is 5.69 Å². The molecule has 2 aromatic heterocycles. The maximum atomic E-state index is 13.0. The quantitative estimate of drug-likeness (QED) is 0.483. The van der Waals surface area contributed by atoms with Crippen molar-refractivity contribution in [3.63, 3.8) is 0 Å². The van der Waals surface area contributed by atoms with Gasteiger partial charge in [0.2, 0.25) is 0 Å². The molecule has 1 fully saturated rings. The van der Waals surface area contributed by atoms with E-state index in [0.717, 1.165) is 53.5 Å². The van der Waals surface area contributed by atoms with Crippen LogP contribution in [0.25, 0.3) is 15.9 Å². The molecule has 0 amide bonds. The van der Waals surface area contributed by atoms with Gasteiger partial charge in [0, 0.05) is 50.8 Å². The van der Waals surface area contributed by atoms with Crippen molar-refractivity contribution in [1.29, 1.82) is 0 Å². The van der Waals surface area contributed by atoms with Crippen LogP contribution in [0.3, 0.4) is 0 Å². The highest BCUT2D eigenvalue weighted by Crippen LogP contribution is 2.24. The number of para-hydroxylation sites is 1. The van der Waals surface area contributed by atoms with Crippen molar-refractivity contribution in [2.45, 2.75) is 19.9 Å². The van der Waals surface area contributed by atoms with E-state index in [1.807, 2.05) is 37.5 Å². The molecule has 0 unspecified atom stereocenters. The average molecular weight is 434 g/mol. The lowest BCUT2D eigenvalue weighted by molar-refractivity contribution is 0.312. The van der Waals surface area contributed by atoms with Crippen molar-refractivity contribution >= 4 is 27.2 Å². The zero-order chi connectivity index (χ0) is 21.4. The molecule has 160 valence electrons. The third kappa shape index (κ3) is 4.03. The van der Waals surface area contributed by atoms with Crippen LogP contribution < -0.4 is 10.6 Å². The van der Waals surface area contributed by atoms with Gasteiger partial charge in [-0.15, -0.1) is 11.3 Å². The minimum absolute atomic E-state index is 0.0108. The summed E-state index contributed by atoms with van der Waals surface area (Å²) >= 11 is 1.67. The molecule has 5 rings (SSSR count). The minimum atomic E-state index is -0.0108. The number of hydrogen-bond acceptors (Lipinski definition) is 5. The van der Waals surface area contributed by atoms with Gasteiger partial charge in [0.25, 0.3) is 0 Å². The SMILES string of the molecule is Cc1nc2cc(-n3ccn(CCc4ccccc4N4CCN(C)CC4)c3=O)ccc2s1. The Bertz CT molecular complexity index is 1260. The molecular formula is C24H27N5OS. The summed E-state index contributed by atoms with van der Waals surface area (Å²) in [5.74, 6) is 0. The Hall–Kier alpha value is -2.90. The van der Waals surface area contributed by atoms with Gasteiger partial charge < -0.3 is 9.80 Å². The van der Waals surface area contributed by atoms with Crippen LogP contribution in [0.2, 0.25) is 0 Å². The molecule has 0 bridgehead atoms. The fourth-order valence-corrected chi connectivity index (χ4v) is 5.09. The van der Waals surface area contributed by atoms with Gasteiger partial charge in [-0.05, 0) is 50.2 Å². The van der Waals surface area contributed by atoms with Crippen LogP contribution in [0.5, 0.6) is 0 Å². The zero-order valence-corrected chi connectivity index (χ0v) is 18.8. The number of aromatic nitrogens is 3. The summed E-state index contributed by atoms with van der Waals surface area (Å²) in [4.78, 5) is 22.4. The standard InChI is InChI=1S/C24H27N5OS/c1-18-25-21-17-20(7-8-23(21)31-18)29-16-15-28(24(29)30)10-9-19-5-3-4-6-22(19)27-13-11-26(2)12-14-27/h3-8,15-17H,9-14H2,1-2H3. The summed E-state index contributed by atoms with van der Waals surface area (Å²) in [6.07, 6.45) is 4.57. The normalized spacial score (nSPS) is 15.1. The van der Waals surface area contributed by atoms with Crippen LogP contribution in [0.1, 0.15) is 10.6 Å². The van der Waals surface area contributed by atoms with Crippen molar-refractivity contribution in [2.75, 3.05) is 38.1 Å². The van der Waals surface area contributed by atoms with Gasteiger partial charge in [-0.3, -0.25) is 9.13 Å². The molecule has 6 nitrogen and oxygen atoms in total. The van der Waals surface area contributed by atoms with Gasteiger partial charge in [0.05, 0.1) is 20.9 Å². The summed E-state index contributed by atoms with van der Waals surface area (Å²) < 4.78 is 4.66. The highest BCUT2D eigenvalue weighted by Gasteiger charge is 2.17. The Kier molecular flexibility index (Phi) is 5.38. The summed E-state index contributed by atoms with van der Waals surface area (Å²) in [5.41, 5.74) is 4.39. The first-order valence-electron chi connectivity index (χ1n) is 10.8. The molecule has 1 aliphatic heterocycles. The van der Waals surface area contributed by atoms with Gasteiger partial charge in [-0.1, -0.05) is 18.2 Å². The second-order valence-corrected chi connectivity index (χ2v) is 9.43. The molecule has 1 saturated heterocycles. The zero-order valence-electron chi connectivity index (χ0n) is 18.0. The first-order chi connectivity index (χ1) is 15.1. The van der Waals surface area contributed by atoms with Gasteiger partial charge in [0.15, 0.2) is 0 Å². The maximum absolute atomic E-state index is 13.0. The van der Waals surface area contributed by atoms with Crippen LogP contribution in [0.15, 0.2) is 59.7 Å². The van der Waals surface area contributed by atoms with Crippen LogP contribution >= 0.6 is 11.3 Å². The van der Waals surface area contributed by atoms with Crippen LogP contribution in [-0.4, -0.2) is 52.2 Å². The van der Waals surface area contributed by atoms with Crippen LogP contribution in [-0.2, 0) is 13.0 Å². The van der Waals surface area contributed by atoms with E-state index in [0.29, 0.717) is 6.54 Å². The predicted octanol–water partition coefficient (Wildman–Crippen LogP) is 3.55. The van der Waals surface area contributed by atoms with Crippen LogP contribution in [0.4, 0.5) is 5.69 Å². The molecule has 7 heteroatoms. The molecule has 4 aromatic rings. The lowest BCUT2D eigenvalue weighted by Gasteiger charge is -2.35. The topological polar surface area (TPSA) is 46.3 Å². The first kappa shape index (κ1) is 20.0. The van der Waals surface area contributed by atoms with E-state index in [1.165, 1.54) is 11.3 Å². The molecule has 0 saturated carbocycles. The summed E-state index contributed by atoms with van der Waals surface area (Å²) in [6.45, 7) is 6.92. The Morgan fingerprint density at radius 2 is 1.84 bits per heavy atom. The molecule has 1 aliphatic rings. The van der Waals surface area contributed by atoms with E-state index >= 15 is 0 Å². The molecule has 0 radical (unpaired) electrons. The monoisotopic (exact) mass is 433 g/mol. The molecule has 2 aromatic carbocycles. The molecule has 0 aliphatic carbocycles. The van der Waals surface area contributed by atoms with Crippen molar-refractivity contribution in [3.8, 4) is 5.69 Å². The lowest BCUT2D eigenvalue weighted by atomic mass is 10.1. The van der Waals surface area contributed by atoms with E-state index in [1.54, 1.807) is 20.5 Å². The van der Waals surface area contributed by atoms with E-state index < -0.39 is 0 Å². The number of rotatable bonds is 5. The number of nitrogens with zero attached hydrogens (tertiary/aromatic N) is 5. The van der Waals surface area contributed by atoms with Gasteiger partial charge in [0.1, 0.15) is 0 Å². The number of likely N-dealkylation sites (N-methyl/N-ethyl adjacent to an activating group) is 1. The van der Waals surface area contributed by atoms with E-state index in [9.17, 15) is 4.79 Å². The predicted molar refractivity (Wildman–Crippen MR) is 128 cm³/mol. The average Bonchev–Trinajstić information content (AvgIpc) is 3.33. The van der Waals surface area contributed by atoms with Crippen molar-refractivity contribution in [3.05, 3.63) is 75.9 Å². The van der Waals surface area contributed by atoms with Gasteiger partial charge in [-0.2, -0.15) is 0 Å². The Labute approximate surface area is 186 Å². The third-order valence-electron chi connectivity index (χ3n) is 6.06. The maximum Gasteiger partial charge on any atom is 0.332 e. The molecule has 31 heavy (non-hydrogen) atoms. The second-order valence-electron chi connectivity index (χ2n) is 8.20. The number of piperazine rings is 1. The number of fused-ring (bicyclic) bond motifs is 1. The summed E-state index contributed by atoms with van der Waals surface area (Å²) in [6, 6.07) is 14.6. The van der Waals surface area contributed by atoms with Crippen molar-refractivity contribution in [2.24, 2.45) is 0 Å². The first-order valence-corrected chi connectivity index (χ1v) is 11.6.